The molecule has 7 nitrogen and oxygen atoms in total. The van der Waals surface area contributed by atoms with Crippen LogP contribution in [0.5, 0.6) is 0 Å². The molecule has 128 valence electrons. The van der Waals surface area contributed by atoms with Crippen LogP contribution < -0.4 is 16.0 Å². The van der Waals surface area contributed by atoms with Crippen molar-refractivity contribution in [3.8, 4) is 0 Å². The number of aryl methyl sites for hydroxylation is 1. The van der Waals surface area contributed by atoms with Crippen molar-refractivity contribution in [2.24, 2.45) is 0 Å². The number of amides is 1. The Morgan fingerprint density at radius 3 is 2.92 bits per heavy atom. The minimum atomic E-state index is -0.691. The van der Waals surface area contributed by atoms with Gasteiger partial charge < -0.3 is 14.6 Å². The summed E-state index contributed by atoms with van der Waals surface area (Å²) in [6.07, 6.45) is 0.620. The predicted molar refractivity (Wildman–Crippen MR) is 80.6 cm³/mol. The zero-order chi connectivity index (χ0) is 17.3. The number of halogens is 2. The van der Waals surface area contributed by atoms with Crippen molar-refractivity contribution in [1.29, 1.82) is 0 Å². The molecule has 1 aliphatic rings. The molecule has 2 aromatic rings. The average Bonchev–Trinajstić information content (AvgIpc) is 3.06. The summed E-state index contributed by atoms with van der Waals surface area (Å²) in [5.41, 5.74) is 0.302. The molecule has 2 heterocycles. The van der Waals surface area contributed by atoms with Crippen molar-refractivity contribution in [3.63, 3.8) is 0 Å². The number of nitrogens with one attached hydrogen (secondary N) is 1. The van der Waals surface area contributed by atoms with Crippen LogP contribution in [0, 0.1) is 18.6 Å². The van der Waals surface area contributed by atoms with E-state index in [9.17, 15) is 18.4 Å². The highest BCUT2D eigenvalue weighted by atomic mass is 19.1. The second-order valence-corrected chi connectivity index (χ2v) is 5.64. The number of aromatic nitrogens is 2. The van der Waals surface area contributed by atoms with Gasteiger partial charge in [0, 0.05) is 32.1 Å². The molecule has 1 unspecified atom stereocenters. The number of benzene rings is 1. The van der Waals surface area contributed by atoms with Gasteiger partial charge in [-0.3, -0.25) is 4.79 Å². The molecule has 1 aliphatic heterocycles. The van der Waals surface area contributed by atoms with Crippen molar-refractivity contribution in [2.45, 2.75) is 25.9 Å². The van der Waals surface area contributed by atoms with Crippen LogP contribution in [0.2, 0.25) is 0 Å². The Kier molecular flexibility index (Phi) is 4.32. The van der Waals surface area contributed by atoms with Crippen molar-refractivity contribution in [2.75, 3.05) is 18.0 Å². The lowest BCUT2D eigenvalue weighted by atomic mass is 10.2. The molecule has 9 heteroatoms. The maximum atomic E-state index is 13.8. The molecule has 1 N–H and O–H groups in total. The molecular weight excluding hydrogens is 322 g/mol. The summed E-state index contributed by atoms with van der Waals surface area (Å²) in [6, 6.07) is 3.22. The second kappa shape index (κ2) is 6.42. The first-order valence-corrected chi connectivity index (χ1v) is 7.46. The van der Waals surface area contributed by atoms with Crippen molar-refractivity contribution in [3.05, 3.63) is 46.3 Å². The largest absolute Gasteiger partial charge is 0.437 e. The standard InChI is InChI=1S/C15H16F2N4O3/c1-9-19-21(15(23)24-9)8-14(22)18-11-4-5-20(7-11)13-3-2-10(16)6-12(13)17/h2-3,6,11H,4-5,7-8H2,1H3,(H,18,22). The molecule has 0 aliphatic carbocycles. The molecule has 0 spiro atoms. The van der Waals surface area contributed by atoms with Gasteiger partial charge in [0.15, 0.2) is 0 Å². The van der Waals surface area contributed by atoms with E-state index in [2.05, 4.69) is 10.4 Å². The Morgan fingerprint density at radius 2 is 2.25 bits per heavy atom. The molecular formula is C15H16F2N4O3. The Labute approximate surface area is 135 Å². The van der Waals surface area contributed by atoms with Crippen LogP contribution >= 0.6 is 0 Å². The number of hydrogen-bond acceptors (Lipinski definition) is 5. The van der Waals surface area contributed by atoms with Crippen LogP contribution in [0.1, 0.15) is 12.3 Å². The third-order valence-electron chi connectivity index (χ3n) is 3.80. The van der Waals surface area contributed by atoms with Crippen molar-refractivity contribution >= 4 is 11.6 Å². The molecule has 3 rings (SSSR count). The highest BCUT2D eigenvalue weighted by Crippen LogP contribution is 2.24. The summed E-state index contributed by atoms with van der Waals surface area (Å²) < 4.78 is 32.4. The molecule has 0 saturated carbocycles. The third-order valence-corrected chi connectivity index (χ3v) is 3.80. The Morgan fingerprint density at radius 1 is 1.46 bits per heavy atom. The van der Waals surface area contributed by atoms with Gasteiger partial charge in [0.2, 0.25) is 11.8 Å². The maximum absolute atomic E-state index is 13.8. The topological polar surface area (TPSA) is 80.4 Å². The lowest BCUT2D eigenvalue weighted by Crippen LogP contribution is -2.40. The summed E-state index contributed by atoms with van der Waals surface area (Å²) in [7, 11) is 0. The average molecular weight is 338 g/mol. The summed E-state index contributed by atoms with van der Waals surface area (Å²) in [5, 5.41) is 6.56. The molecule has 0 bridgehead atoms. The minimum Gasteiger partial charge on any atom is -0.393 e. The van der Waals surface area contributed by atoms with Gasteiger partial charge in [-0.15, -0.1) is 5.10 Å². The van der Waals surface area contributed by atoms with Gasteiger partial charge in [0.25, 0.3) is 0 Å². The zero-order valence-corrected chi connectivity index (χ0v) is 13.0. The van der Waals surface area contributed by atoms with Gasteiger partial charge in [-0.1, -0.05) is 0 Å². The summed E-state index contributed by atoms with van der Waals surface area (Å²) in [5.74, 6) is -2.15. The first kappa shape index (κ1) is 16.2. The SMILES string of the molecule is Cc1nn(CC(=O)NC2CCN(c3ccc(F)cc3F)C2)c(=O)o1. The Balaban J connectivity index is 1.58. The number of rotatable bonds is 4. The number of hydrogen-bond donors (Lipinski definition) is 1. The summed E-state index contributed by atoms with van der Waals surface area (Å²) in [4.78, 5) is 25.1. The lowest BCUT2D eigenvalue weighted by molar-refractivity contribution is -0.122. The maximum Gasteiger partial charge on any atom is 0.437 e. The van der Waals surface area contributed by atoms with E-state index >= 15 is 0 Å². The van der Waals surface area contributed by atoms with E-state index in [1.54, 1.807) is 4.90 Å². The van der Waals surface area contributed by atoms with E-state index in [1.807, 2.05) is 0 Å². The number of anilines is 1. The minimum absolute atomic E-state index is 0.187. The van der Waals surface area contributed by atoms with Gasteiger partial charge in [0.1, 0.15) is 18.2 Å². The lowest BCUT2D eigenvalue weighted by Gasteiger charge is -2.19. The van der Waals surface area contributed by atoms with Gasteiger partial charge in [0.05, 0.1) is 5.69 Å². The van der Waals surface area contributed by atoms with E-state index in [0.29, 0.717) is 25.2 Å². The Bertz CT molecular complexity index is 817. The van der Waals surface area contributed by atoms with Crippen LogP contribution in [-0.2, 0) is 11.3 Å². The molecule has 1 fully saturated rings. The molecule has 1 amide bonds. The van der Waals surface area contributed by atoms with Crippen LogP contribution in [-0.4, -0.2) is 34.8 Å². The van der Waals surface area contributed by atoms with Gasteiger partial charge in [-0.2, -0.15) is 4.68 Å². The summed E-state index contributed by atoms with van der Waals surface area (Å²) in [6.45, 7) is 2.22. The third kappa shape index (κ3) is 3.44. The van der Waals surface area contributed by atoms with E-state index < -0.39 is 17.4 Å². The molecule has 1 saturated heterocycles. The van der Waals surface area contributed by atoms with Crippen molar-refractivity contribution in [1.82, 2.24) is 15.1 Å². The molecule has 24 heavy (non-hydrogen) atoms. The fourth-order valence-corrected chi connectivity index (χ4v) is 2.75. The molecule has 1 atom stereocenters. The van der Waals surface area contributed by atoms with Crippen LogP contribution in [0.3, 0.4) is 0 Å². The highest BCUT2D eigenvalue weighted by Gasteiger charge is 2.26. The van der Waals surface area contributed by atoms with Crippen molar-refractivity contribution < 1.29 is 18.0 Å². The highest BCUT2D eigenvalue weighted by molar-refractivity contribution is 5.76. The van der Waals surface area contributed by atoms with Gasteiger partial charge in [-0.05, 0) is 18.6 Å². The summed E-state index contributed by atoms with van der Waals surface area (Å²) >= 11 is 0. The Hall–Kier alpha value is -2.71. The fourth-order valence-electron chi connectivity index (χ4n) is 2.75. The quantitative estimate of drug-likeness (QED) is 0.893. The number of nitrogens with zero attached hydrogens (tertiary/aromatic N) is 3. The normalized spacial score (nSPS) is 17.3. The number of carbonyl (C=O) groups excluding carboxylic acids is 1. The van der Waals surface area contributed by atoms with Crippen LogP contribution in [0.25, 0.3) is 0 Å². The van der Waals surface area contributed by atoms with Crippen LogP contribution in [0.4, 0.5) is 14.5 Å². The predicted octanol–water partition coefficient (Wildman–Crippen LogP) is 0.818. The monoisotopic (exact) mass is 338 g/mol. The molecule has 1 aromatic carbocycles. The van der Waals surface area contributed by atoms with E-state index in [0.717, 1.165) is 10.7 Å². The van der Waals surface area contributed by atoms with E-state index in [-0.39, 0.29) is 24.4 Å². The number of carbonyl (C=O) groups is 1. The van der Waals surface area contributed by atoms with E-state index in [1.165, 1.54) is 19.1 Å². The van der Waals surface area contributed by atoms with Gasteiger partial charge in [-0.25, -0.2) is 13.6 Å². The zero-order valence-electron chi connectivity index (χ0n) is 13.0. The second-order valence-electron chi connectivity index (χ2n) is 5.64. The first-order valence-electron chi connectivity index (χ1n) is 7.46. The fraction of sp³-hybridized carbons (Fsp3) is 0.400. The van der Waals surface area contributed by atoms with Gasteiger partial charge >= 0.3 is 5.76 Å². The first-order chi connectivity index (χ1) is 11.4. The molecule has 1 aromatic heterocycles. The van der Waals surface area contributed by atoms with E-state index in [4.69, 9.17) is 4.42 Å². The molecule has 0 radical (unpaired) electrons. The van der Waals surface area contributed by atoms with Crippen LogP contribution in [0.15, 0.2) is 27.4 Å². The smallest absolute Gasteiger partial charge is 0.393 e.